The van der Waals surface area contributed by atoms with Crippen LogP contribution in [-0.4, -0.2) is 36.0 Å². The molecular formula is C20H20N2O5. The van der Waals surface area contributed by atoms with E-state index in [1.807, 2.05) is 19.1 Å². The van der Waals surface area contributed by atoms with Crippen molar-refractivity contribution in [2.75, 3.05) is 23.4 Å². The Bertz CT molecular complexity index is 880. The van der Waals surface area contributed by atoms with Gasteiger partial charge in [-0.15, -0.1) is 0 Å². The van der Waals surface area contributed by atoms with Crippen LogP contribution in [0.25, 0.3) is 0 Å². The molecule has 2 aromatic carbocycles. The Morgan fingerprint density at radius 2 is 2.00 bits per heavy atom. The number of para-hydroxylation sites is 2. The highest BCUT2D eigenvalue weighted by Gasteiger charge is 2.36. The Balaban J connectivity index is 1.73. The summed E-state index contributed by atoms with van der Waals surface area (Å²) in [6.45, 7) is 2.58. The van der Waals surface area contributed by atoms with E-state index in [2.05, 4.69) is 5.32 Å². The minimum atomic E-state index is -1.07. The average molecular weight is 368 g/mol. The number of nitrogens with one attached hydrogen (secondary N) is 1. The summed E-state index contributed by atoms with van der Waals surface area (Å²) in [5.41, 5.74) is 1.12. The van der Waals surface area contributed by atoms with E-state index in [9.17, 15) is 14.4 Å². The van der Waals surface area contributed by atoms with Crippen LogP contribution in [0.5, 0.6) is 5.75 Å². The lowest BCUT2D eigenvalue weighted by atomic mass is 10.1. The molecule has 0 unspecified atom stereocenters. The summed E-state index contributed by atoms with van der Waals surface area (Å²) < 4.78 is 5.57. The molecule has 1 atom stereocenters. The number of amides is 2. The van der Waals surface area contributed by atoms with Gasteiger partial charge in [0.1, 0.15) is 5.75 Å². The Labute approximate surface area is 156 Å². The van der Waals surface area contributed by atoms with Crippen molar-refractivity contribution in [1.29, 1.82) is 0 Å². The van der Waals surface area contributed by atoms with E-state index in [1.54, 1.807) is 29.2 Å². The normalized spacial score (nSPS) is 16.3. The van der Waals surface area contributed by atoms with Gasteiger partial charge in [-0.3, -0.25) is 9.59 Å². The Morgan fingerprint density at radius 1 is 1.22 bits per heavy atom. The molecule has 1 heterocycles. The molecule has 1 fully saturated rings. The molecule has 2 N–H and O–H groups in total. The second kappa shape index (κ2) is 7.90. The Morgan fingerprint density at radius 3 is 2.74 bits per heavy atom. The number of carbonyl (C=O) groups is 3. The fourth-order valence-corrected chi connectivity index (χ4v) is 3.05. The first-order valence-corrected chi connectivity index (χ1v) is 8.66. The summed E-state index contributed by atoms with van der Waals surface area (Å²) in [6.07, 6.45) is 0.0882. The summed E-state index contributed by atoms with van der Waals surface area (Å²) in [4.78, 5) is 37.6. The number of hydrogen-bond acceptors (Lipinski definition) is 4. The van der Waals surface area contributed by atoms with Crippen LogP contribution in [0, 0.1) is 5.92 Å². The molecule has 1 saturated heterocycles. The molecule has 2 amide bonds. The number of carbonyl (C=O) groups excluding carboxylic acids is 2. The first kappa shape index (κ1) is 18.4. The monoisotopic (exact) mass is 368 g/mol. The third-order valence-corrected chi connectivity index (χ3v) is 4.33. The first-order chi connectivity index (χ1) is 13.0. The lowest BCUT2D eigenvalue weighted by Gasteiger charge is -2.20. The van der Waals surface area contributed by atoms with Crippen molar-refractivity contribution in [3.63, 3.8) is 0 Å². The quantitative estimate of drug-likeness (QED) is 0.817. The van der Waals surface area contributed by atoms with Crippen LogP contribution < -0.4 is 15.0 Å². The zero-order valence-corrected chi connectivity index (χ0v) is 14.8. The van der Waals surface area contributed by atoms with Crippen molar-refractivity contribution < 1.29 is 24.2 Å². The van der Waals surface area contributed by atoms with Crippen molar-refractivity contribution in [2.24, 2.45) is 5.92 Å². The number of carboxylic acids is 1. The van der Waals surface area contributed by atoms with Crippen LogP contribution in [0.1, 0.15) is 23.7 Å². The highest BCUT2D eigenvalue weighted by molar-refractivity contribution is 6.04. The molecule has 27 heavy (non-hydrogen) atoms. The largest absolute Gasteiger partial charge is 0.492 e. The Kier molecular flexibility index (Phi) is 5.40. The predicted molar refractivity (Wildman–Crippen MR) is 100 cm³/mol. The van der Waals surface area contributed by atoms with Crippen molar-refractivity contribution in [3.8, 4) is 5.75 Å². The molecule has 3 rings (SSSR count). The van der Waals surface area contributed by atoms with Crippen LogP contribution in [0.2, 0.25) is 0 Å². The zero-order chi connectivity index (χ0) is 19.4. The molecule has 0 spiro atoms. The molecule has 140 valence electrons. The number of rotatable bonds is 6. The van der Waals surface area contributed by atoms with Crippen molar-refractivity contribution >= 4 is 29.2 Å². The molecule has 0 bridgehead atoms. The number of benzene rings is 2. The number of aromatic carboxylic acids is 1. The molecule has 7 nitrogen and oxygen atoms in total. The van der Waals surface area contributed by atoms with Crippen LogP contribution >= 0.6 is 0 Å². The minimum Gasteiger partial charge on any atom is -0.492 e. The van der Waals surface area contributed by atoms with Crippen molar-refractivity contribution in [1.82, 2.24) is 0 Å². The second-order valence-corrected chi connectivity index (χ2v) is 6.18. The van der Waals surface area contributed by atoms with Crippen LogP contribution in [0.3, 0.4) is 0 Å². The predicted octanol–water partition coefficient (Wildman–Crippen LogP) is 2.78. The standard InChI is InChI=1S/C20H20N2O5/c1-2-27-17-9-4-3-8-16(17)22-12-14(11-18(22)23)19(24)21-15-7-5-6-13(10-15)20(25)26/h3-10,14H,2,11-12H2,1H3,(H,21,24)(H,25,26)/t14-/m1/s1. The third-order valence-electron chi connectivity index (χ3n) is 4.33. The van der Waals surface area contributed by atoms with Gasteiger partial charge in [-0.1, -0.05) is 18.2 Å². The highest BCUT2D eigenvalue weighted by Crippen LogP contribution is 2.33. The van der Waals surface area contributed by atoms with Crippen molar-refractivity contribution in [2.45, 2.75) is 13.3 Å². The van der Waals surface area contributed by atoms with Gasteiger partial charge in [0.25, 0.3) is 0 Å². The maximum atomic E-state index is 12.6. The summed E-state index contributed by atoms with van der Waals surface area (Å²) in [6, 6.07) is 13.2. The number of carboxylic acid groups (broad SMARTS) is 1. The zero-order valence-electron chi connectivity index (χ0n) is 14.8. The molecule has 0 radical (unpaired) electrons. The average Bonchev–Trinajstić information content (AvgIpc) is 3.04. The topological polar surface area (TPSA) is 95.9 Å². The van der Waals surface area contributed by atoms with Gasteiger partial charge in [-0.2, -0.15) is 0 Å². The van der Waals surface area contributed by atoms with E-state index in [0.29, 0.717) is 23.7 Å². The number of hydrogen-bond donors (Lipinski definition) is 2. The maximum Gasteiger partial charge on any atom is 0.335 e. The first-order valence-electron chi connectivity index (χ1n) is 8.66. The fraction of sp³-hybridized carbons (Fsp3) is 0.250. The van der Waals surface area contributed by atoms with E-state index in [-0.39, 0.29) is 30.3 Å². The highest BCUT2D eigenvalue weighted by atomic mass is 16.5. The lowest BCUT2D eigenvalue weighted by Crippen LogP contribution is -2.28. The second-order valence-electron chi connectivity index (χ2n) is 6.18. The van der Waals surface area contributed by atoms with Gasteiger partial charge < -0.3 is 20.1 Å². The summed E-state index contributed by atoms with van der Waals surface area (Å²) >= 11 is 0. The SMILES string of the molecule is CCOc1ccccc1N1C[C@H](C(=O)Nc2cccc(C(=O)O)c2)CC1=O. The van der Waals surface area contributed by atoms with Crippen LogP contribution in [-0.2, 0) is 9.59 Å². The van der Waals surface area contributed by atoms with E-state index in [4.69, 9.17) is 9.84 Å². The third kappa shape index (κ3) is 4.08. The molecule has 0 aromatic heterocycles. The molecule has 1 aliphatic rings. The van der Waals surface area contributed by atoms with E-state index in [0.717, 1.165) is 0 Å². The smallest absolute Gasteiger partial charge is 0.335 e. The molecule has 0 aliphatic carbocycles. The fourth-order valence-electron chi connectivity index (χ4n) is 3.05. The van der Waals surface area contributed by atoms with Gasteiger partial charge in [0.2, 0.25) is 11.8 Å². The summed E-state index contributed by atoms with van der Waals surface area (Å²) in [5, 5.41) is 11.7. The Hall–Kier alpha value is -3.35. The summed E-state index contributed by atoms with van der Waals surface area (Å²) in [7, 11) is 0. The molecular weight excluding hydrogens is 348 g/mol. The molecule has 1 aliphatic heterocycles. The summed E-state index contributed by atoms with van der Waals surface area (Å²) in [5.74, 6) is -1.46. The van der Waals surface area contributed by atoms with Crippen LogP contribution in [0.15, 0.2) is 48.5 Å². The van der Waals surface area contributed by atoms with Gasteiger partial charge in [0.15, 0.2) is 0 Å². The van der Waals surface area contributed by atoms with E-state index in [1.165, 1.54) is 12.1 Å². The minimum absolute atomic E-state index is 0.0857. The van der Waals surface area contributed by atoms with E-state index < -0.39 is 11.9 Å². The number of nitrogens with zero attached hydrogens (tertiary/aromatic N) is 1. The maximum absolute atomic E-state index is 12.6. The van der Waals surface area contributed by atoms with Gasteiger partial charge in [0, 0.05) is 18.7 Å². The number of anilines is 2. The van der Waals surface area contributed by atoms with Crippen LogP contribution in [0.4, 0.5) is 11.4 Å². The van der Waals surface area contributed by atoms with Gasteiger partial charge in [0.05, 0.1) is 23.8 Å². The van der Waals surface area contributed by atoms with Gasteiger partial charge in [-0.25, -0.2) is 4.79 Å². The number of ether oxygens (including phenoxy) is 1. The van der Waals surface area contributed by atoms with Gasteiger partial charge in [-0.05, 0) is 37.3 Å². The van der Waals surface area contributed by atoms with Crippen molar-refractivity contribution in [3.05, 3.63) is 54.1 Å². The lowest BCUT2D eigenvalue weighted by molar-refractivity contribution is -0.122. The van der Waals surface area contributed by atoms with E-state index >= 15 is 0 Å². The molecule has 0 saturated carbocycles. The molecule has 2 aromatic rings. The van der Waals surface area contributed by atoms with Gasteiger partial charge >= 0.3 is 5.97 Å². The molecule has 7 heteroatoms.